The molecule has 0 N–H and O–H groups in total. The number of nitrogens with zero attached hydrogens (tertiary/aromatic N) is 1. The topological polar surface area (TPSA) is 20.3 Å². The summed E-state index contributed by atoms with van der Waals surface area (Å²) in [5.74, 6) is 0.163. The number of carbonyl (C=O) groups excluding carboxylic acids is 1. The van der Waals surface area contributed by atoms with Crippen molar-refractivity contribution in [3.63, 3.8) is 0 Å². The Morgan fingerprint density at radius 1 is 1.37 bits per heavy atom. The Morgan fingerprint density at radius 3 is 2.84 bits per heavy atom. The van der Waals surface area contributed by atoms with Crippen LogP contribution in [0.4, 0.5) is 5.69 Å². The van der Waals surface area contributed by atoms with Gasteiger partial charge in [-0.15, -0.1) is 11.3 Å². The standard InChI is InChI=1S/C14H11Br2NOS/c1-17-11-3-2-8(6-9(11)7-12(17)18)13(16)14-10(15)4-5-19-14/h2-6,13H,7H2,1H3. The molecule has 0 saturated heterocycles. The number of carbonyl (C=O) groups is 1. The van der Waals surface area contributed by atoms with Gasteiger partial charge in [0.1, 0.15) is 0 Å². The Labute approximate surface area is 132 Å². The molecule has 1 amide bonds. The van der Waals surface area contributed by atoms with Gasteiger partial charge in [-0.2, -0.15) is 0 Å². The normalized spacial score (nSPS) is 15.7. The molecule has 3 rings (SSSR count). The van der Waals surface area contributed by atoms with Crippen LogP contribution < -0.4 is 4.90 Å². The Hall–Kier alpha value is -0.650. The number of hydrogen-bond donors (Lipinski definition) is 0. The monoisotopic (exact) mass is 399 g/mol. The maximum Gasteiger partial charge on any atom is 0.231 e. The van der Waals surface area contributed by atoms with Crippen molar-refractivity contribution in [2.45, 2.75) is 11.2 Å². The van der Waals surface area contributed by atoms with Crippen molar-refractivity contribution in [3.05, 3.63) is 50.1 Å². The lowest BCUT2D eigenvalue weighted by Crippen LogP contribution is -2.20. The molecule has 0 bridgehead atoms. The number of halogens is 2. The lowest BCUT2D eigenvalue weighted by molar-refractivity contribution is -0.117. The summed E-state index contributed by atoms with van der Waals surface area (Å²) in [5, 5.41) is 2.07. The molecule has 1 aromatic carbocycles. The van der Waals surface area contributed by atoms with E-state index in [1.807, 2.05) is 13.1 Å². The fourth-order valence-electron chi connectivity index (χ4n) is 2.29. The van der Waals surface area contributed by atoms with Gasteiger partial charge in [-0.3, -0.25) is 4.79 Å². The number of thiophene rings is 1. The van der Waals surface area contributed by atoms with Crippen LogP contribution >= 0.6 is 43.2 Å². The van der Waals surface area contributed by atoms with Crippen molar-refractivity contribution in [3.8, 4) is 0 Å². The van der Waals surface area contributed by atoms with Gasteiger partial charge < -0.3 is 4.90 Å². The quantitative estimate of drug-likeness (QED) is 0.679. The van der Waals surface area contributed by atoms with E-state index in [0.717, 1.165) is 15.7 Å². The van der Waals surface area contributed by atoms with Crippen molar-refractivity contribution in [2.75, 3.05) is 11.9 Å². The lowest BCUT2D eigenvalue weighted by atomic mass is 10.1. The average Bonchev–Trinajstić information content (AvgIpc) is 2.93. The number of hydrogen-bond acceptors (Lipinski definition) is 2. The summed E-state index contributed by atoms with van der Waals surface area (Å²) < 4.78 is 1.12. The van der Waals surface area contributed by atoms with Gasteiger partial charge in [0.15, 0.2) is 0 Å². The van der Waals surface area contributed by atoms with E-state index in [1.165, 1.54) is 10.4 Å². The second-order valence-electron chi connectivity index (χ2n) is 4.51. The summed E-state index contributed by atoms with van der Waals surface area (Å²) in [6.45, 7) is 0. The molecule has 2 heterocycles. The molecule has 0 aliphatic carbocycles. The van der Waals surface area contributed by atoms with Crippen molar-refractivity contribution in [1.82, 2.24) is 0 Å². The third-order valence-electron chi connectivity index (χ3n) is 3.35. The zero-order valence-corrected chi connectivity index (χ0v) is 14.2. The molecule has 0 spiro atoms. The number of alkyl halides is 1. The number of likely N-dealkylation sites (N-methyl/N-ethyl adjacent to an activating group) is 1. The van der Waals surface area contributed by atoms with Crippen LogP contribution in [0.2, 0.25) is 0 Å². The number of benzene rings is 1. The zero-order valence-electron chi connectivity index (χ0n) is 10.2. The summed E-state index contributed by atoms with van der Waals surface area (Å²) in [7, 11) is 1.83. The molecule has 1 unspecified atom stereocenters. The molecule has 0 saturated carbocycles. The summed E-state index contributed by atoms with van der Waals surface area (Å²) in [4.78, 5) is 14.8. The fraction of sp³-hybridized carbons (Fsp3) is 0.214. The van der Waals surface area contributed by atoms with E-state index >= 15 is 0 Å². The van der Waals surface area contributed by atoms with E-state index in [2.05, 4.69) is 55.4 Å². The van der Waals surface area contributed by atoms with Crippen LogP contribution in [0.15, 0.2) is 34.1 Å². The highest BCUT2D eigenvalue weighted by Gasteiger charge is 2.25. The molecule has 1 aliphatic rings. The molecule has 2 nitrogen and oxygen atoms in total. The molecule has 98 valence electrons. The van der Waals surface area contributed by atoms with E-state index in [4.69, 9.17) is 0 Å². The van der Waals surface area contributed by atoms with Gasteiger partial charge in [0.2, 0.25) is 5.91 Å². The molecule has 1 aromatic heterocycles. The van der Waals surface area contributed by atoms with Crippen LogP contribution in [0.5, 0.6) is 0 Å². The smallest absolute Gasteiger partial charge is 0.231 e. The van der Waals surface area contributed by atoms with Crippen LogP contribution in [-0.2, 0) is 11.2 Å². The highest BCUT2D eigenvalue weighted by atomic mass is 79.9. The first-order valence-electron chi connectivity index (χ1n) is 5.84. The molecule has 1 aliphatic heterocycles. The minimum atomic E-state index is 0.160. The maximum absolute atomic E-state index is 11.7. The van der Waals surface area contributed by atoms with Crippen LogP contribution in [-0.4, -0.2) is 13.0 Å². The van der Waals surface area contributed by atoms with Crippen molar-refractivity contribution in [2.24, 2.45) is 0 Å². The second-order valence-corrected chi connectivity index (χ2v) is 7.23. The summed E-state index contributed by atoms with van der Waals surface area (Å²) in [6.07, 6.45) is 0.505. The summed E-state index contributed by atoms with van der Waals surface area (Å²) >= 11 is 9.02. The van der Waals surface area contributed by atoms with E-state index in [1.54, 1.807) is 16.2 Å². The fourth-order valence-corrected chi connectivity index (χ4v) is 5.05. The average molecular weight is 401 g/mol. The molecule has 0 radical (unpaired) electrons. The van der Waals surface area contributed by atoms with Gasteiger partial charge in [-0.1, -0.05) is 28.1 Å². The largest absolute Gasteiger partial charge is 0.315 e. The zero-order chi connectivity index (χ0) is 13.6. The predicted octanol–water partition coefficient (Wildman–Crippen LogP) is 4.51. The predicted molar refractivity (Wildman–Crippen MR) is 86.3 cm³/mol. The third-order valence-corrected chi connectivity index (χ3v) is 6.57. The number of rotatable bonds is 2. The molecule has 1 atom stereocenters. The molecule has 19 heavy (non-hydrogen) atoms. The van der Waals surface area contributed by atoms with Gasteiger partial charge in [-0.25, -0.2) is 0 Å². The molecule has 2 aromatic rings. The summed E-state index contributed by atoms with van der Waals surface area (Å²) in [6, 6.07) is 8.30. The summed E-state index contributed by atoms with van der Waals surface area (Å²) in [5.41, 5.74) is 3.32. The first-order chi connectivity index (χ1) is 9.08. The first-order valence-corrected chi connectivity index (χ1v) is 8.43. The van der Waals surface area contributed by atoms with E-state index in [-0.39, 0.29) is 10.7 Å². The second kappa shape index (κ2) is 5.04. The van der Waals surface area contributed by atoms with Crippen molar-refractivity contribution >= 4 is 54.8 Å². The molecular weight excluding hydrogens is 390 g/mol. The van der Waals surface area contributed by atoms with Gasteiger partial charge in [-0.05, 0) is 44.6 Å². The SMILES string of the molecule is CN1C(=O)Cc2cc(C(Br)c3sccc3Br)ccc21. The highest BCUT2D eigenvalue weighted by Crippen LogP contribution is 2.40. The highest BCUT2D eigenvalue weighted by molar-refractivity contribution is 9.11. The van der Waals surface area contributed by atoms with Crippen LogP contribution in [0.1, 0.15) is 20.8 Å². The van der Waals surface area contributed by atoms with E-state index < -0.39 is 0 Å². The van der Waals surface area contributed by atoms with E-state index in [0.29, 0.717) is 6.42 Å². The van der Waals surface area contributed by atoms with Crippen LogP contribution in [0, 0.1) is 0 Å². The van der Waals surface area contributed by atoms with Gasteiger partial charge in [0, 0.05) is 22.1 Å². The number of anilines is 1. The number of amides is 1. The Kier molecular flexibility index (Phi) is 3.53. The van der Waals surface area contributed by atoms with Crippen LogP contribution in [0.3, 0.4) is 0 Å². The Bertz CT molecular complexity index is 653. The lowest BCUT2D eigenvalue weighted by Gasteiger charge is -2.13. The third kappa shape index (κ3) is 2.28. The van der Waals surface area contributed by atoms with Gasteiger partial charge in [0.25, 0.3) is 0 Å². The van der Waals surface area contributed by atoms with E-state index in [9.17, 15) is 4.79 Å². The molecule has 0 fully saturated rings. The van der Waals surface area contributed by atoms with Gasteiger partial charge >= 0.3 is 0 Å². The number of fused-ring (bicyclic) bond motifs is 1. The molecular formula is C14H11Br2NOS. The minimum Gasteiger partial charge on any atom is -0.315 e. The van der Waals surface area contributed by atoms with Crippen LogP contribution in [0.25, 0.3) is 0 Å². The Morgan fingerprint density at radius 2 is 2.16 bits per heavy atom. The van der Waals surface area contributed by atoms with Crippen molar-refractivity contribution < 1.29 is 4.79 Å². The maximum atomic E-state index is 11.7. The Balaban J connectivity index is 1.98. The molecule has 5 heteroatoms. The van der Waals surface area contributed by atoms with Gasteiger partial charge in [0.05, 0.1) is 11.2 Å². The van der Waals surface area contributed by atoms with Crippen molar-refractivity contribution in [1.29, 1.82) is 0 Å². The minimum absolute atomic E-state index is 0.160. The first kappa shape index (κ1) is 13.3.